The van der Waals surface area contributed by atoms with Gasteiger partial charge in [-0.15, -0.1) is 0 Å². The van der Waals surface area contributed by atoms with Crippen LogP contribution >= 0.6 is 0 Å². The van der Waals surface area contributed by atoms with Gasteiger partial charge in [0.05, 0.1) is 29.7 Å². The van der Waals surface area contributed by atoms with Crippen molar-refractivity contribution in [1.29, 1.82) is 0 Å². The molecule has 0 aliphatic heterocycles. The van der Waals surface area contributed by atoms with E-state index in [2.05, 4.69) is 43.6 Å². The second kappa shape index (κ2) is 9.33. The predicted octanol–water partition coefficient (Wildman–Crippen LogP) is 1.86. The highest BCUT2D eigenvalue weighted by molar-refractivity contribution is 5.76. The Morgan fingerprint density at radius 2 is 1.68 bits per heavy atom. The van der Waals surface area contributed by atoms with Gasteiger partial charge in [-0.05, 0) is 38.0 Å². The molecule has 5 nitrogen and oxygen atoms in total. The lowest BCUT2D eigenvalue weighted by atomic mass is 10.1. The van der Waals surface area contributed by atoms with Gasteiger partial charge in [0.15, 0.2) is 6.54 Å². The molecule has 0 aliphatic rings. The lowest BCUT2D eigenvalue weighted by Crippen LogP contribution is -3.09. The number of hydrogen-bond acceptors (Lipinski definition) is 2. The van der Waals surface area contributed by atoms with E-state index in [1.54, 1.807) is 0 Å². The maximum atomic E-state index is 12.3. The fraction of sp³-hybridized carbons (Fsp3) is 0.304. The lowest BCUT2D eigenvalue weighted by Gasteiger charge is -2.14. The number of amides is 1. The molecule has 0 fully saturated rings. The third kappa shape index (κ3) is 5.08. The molecule has 0 bridgehead atoms. The van der Waals surface area contributed by atoms with Gasteiger partial charge >= 0.3 is 0 Å². The summed E-state index contributed by atoms with van der Waals surface area (Å²) in [6.07, 6.45) is 0.855. The molecule has 2 aromatic carbocycles. The van der Waals surface area contributed by atoms with E-state index < -0.39 is 0 Å². The van der Waals surface area contributed by atoms with E-state index >= 15 is 0 Å². The molecule has 3 rings (SSSR count). The number of carbonyl (C=O) groups excluding carboxylic acids is 1. The monoisotopic (exact) mass is 377 g/mol. The van der Waals surface area contributed by atoms with Gasteiger partial charge < -0.3 is 10.2 Å². The molecule has 1 heterocycles. The molecule has 0 aliphatic carbocycles. The third-order valence-corrected chi connectivity index (χ3v) is 4.96. The molecule has 2 N–H and O–H groups in total. The summed E-state index contributed by atoms with van der Waals surface area (Å²) in [7, 11) is 2.05. The van der Waals surface area contributed by atoms with Gasteiger partial charge in [0.2, 0.25) is 0 Å². The fourth-order valence-electron chi connectivity index (χ4n) is 3.44. The van der Waals surface area contributed by atoms with Crippen molar-refractivity contribution in [3.63, 3.8) is 0 Å². The minimum Gasteiger partial charge on any atom is -0.351 e. The van der Waals surface area contributed by atoms with Gasteiger partial charge in [0, 0.05) is 6.54 Å². The smallest absolute Gasteiger partial charge is 0.275 e. The molecule has 5 heteroatoms. The average Bonchev–Trinajstić information content (AvgIpc) is 2.97. The zero-order chi connectivity index (χ0) is 19.9. The summed E-state index contributed by atoms with van der Waals surface area (Å²) in [5.74, 6) is 0.0826. The molecule has 0 spiro atoms. The first-order valence-electron chi connectivity index (χ1n) is 9.77. The zero-order valence-corrected chi connectivity index (χ0v) is 16.9. The Morgan fingerprint density at radius 3 is 2.36 bits per heavy atom. The van der Waals surface area contributed by atoms with Crippen LogP contribution in [0.1, 0.15) is 22.5 Å². The fourth-order valence-corrected chi connectivity index (χ4v) is 3.44. The molecule has 146 valence electrons. The summed E-state index contributed by atoms with van der Waals surface area (Å²) in [5, 5.41) is 7.73. The molecule has 3 aromatic rings. The van der Waals surface area contributed by atoms with Crippen molar-refractivity contribution in [2.45, 2.75) is 26.8 Å². The van der Waals surface area contributed by atoms with Crippen molar-refractivity contribution in [2.75, 3.05) is 20.1 Å². The lowest BCUT2D eigenvalue weighted by molar-refractivity contribution is -0.885. The molecule has 1 amide bonds. The first kappa shape index (κ1) is 19.8. The number of benzene rings is 2. The summed E-state index contributed by atoms with van der Waals surface area (Å²) < 4.78 is 1.98. The Morgan fingerprint density at radius 1 is 1.04 bits per heavy atom. The number of nitrogens with one attached hydrogen (secondary N) is 2. The molecule has 0 radical (unpaired) electrons. The summed E-state index contributed by atoms with van der Waals surface area (Å²) in [6.45, 7) is 6.02. The van der Waals surface area contributed by atoms with E-state index in [0.29, 0.717) is 13.1 Å². The van der Waals surface area contributed by atoms with Gasteiger partial charge in [-0.2, -0.15) is 5.10 Å². The molecule has 0 saturated carbocycles. The van der Waals surface area contributed by atoms with Crippen LogP contribution in [0.15, 0.2) is 60.7 Å². The second-order valence-corrected chi connectivity index (χ2v) is 7.29. The van der Waals surface area contributed by atoms with E-state index in [1.165, 1.54) is 11.1 Å². The quantitative estimate of drug-likeness (QED) is 0.630. The van der Waals surface area contributed by atoms with Crippen molar-refractivity contribution in [3.8, 4) is 5.69 Å². The van der Waals surface area contributed by atoms with E-state index in [-0.39, 0.29) is 5.91 Å². The Hall–Kier alpha value is -2.92. The van der Waals surface area contributed by atoms with Crippen LogP contribution in [-0.4, -0.2) is 35.8 Å². The van der Waals surface area contributed by atoms with Gasteiger partial charge in [-0.25, -0.2) is 4.68 Å². The minimum atomic E-state index is 0.0826. The summed E-state index contributed by atoms with van der Waals surface area (Å²) >= 11 is 0. The van der Waals surface area contributed by atoms with Crippen LogP contribution < -0.4 is 10.2 Å². The SMILES string of the molecule is Cc1nn(-c2ccccc2)c(C)c1C[NH+](C)CC(=O)NCCc1ccccc1. The van der Waals surface area contributed by atoms with Crippen LogP contribution in [-0.2, 0) is 17.8 Å². The summed E-state index contributed by atoms with van der Waals surface area (Å²) in [6, 6.07) is 20.4. The molecular weight excluding hydrogens is 348 g/mol. The molecule has 1 unspecified atom stereocenters. The van der Waals surface area contributed by atoms with Crippen molar-refractivity contribution in [2.24, 2.45) is 0 Å². The van der Waals surface area contributed by atoms with E-state index in [0.717, 1.165) is 34.9 Å². The topological polar surface area (TPSA) is 51.4 Å². The standard InChI is InChI=1S/C23H28N4O/c1-18-22(19(2)27(25-18)21-12-8-5-9-13-21)16-26(3)17-23(28)24-15-14-20-10-6-4-7-11-20/h4-13H,14-17H2,1-3H3,(H,24,28)/p+1. The van der Waals surface area contributed by atoms with E-state index in [9.17, 15) is 4.79 Å². The first-order valence-corrected chi connectivity index (χ1v) is 9.77. The van der Waals surface area contributed by atoms with E-state index in [1.807, 2.05) is 48.0 Å². The number of aromatic nitrogens is 2. The Bertz CT molecular complexity index is 903. The van der Waals surface area contributed by atoms with Crippen molar-refractivity contribution >= 4 is 5.91 Å². The van der Waals surface area contributed by atoms with Crippen molar-refractivity contribution in [1.82, 2.24) is 15.1 Å². The highest BCUT2D eigenvalue weighted by atomic mass is 16.2. The molecule has 28 heavy (non-hydrogen) atoms. The Kier molecular flexibility index (Phi) is 6.61. The number of nitrogens with zero attached hydrogens (tertiary/aromatic N) is 2. The normalized spacial score (nSPS) is 12.0. The summed E-state index contributed by atoms with van der Waals surface area (Å²) in [5.41, 5.74) is 5.66. The second-order valence-electron chi connectivity index (χ2n) is 7.29. The average molecular weight is 378 g/mol. The summed E-state index contributed by atoms with van der Waals surface area (Å²) in [4.78, 5) is 13.4. The largest absolute Gasteiger partial charge is 0.351 e. The predicted molar refractivity (Wildman–Crippen MR) is 112 cm³/mol. The number of hydrogen-bond donors (Lipinski definition) is 2. The number of rotatable bonds is 8. The van der Waals surface area contributed by atoms with Gasteiger partial charge in [-0.3, -0.25) is 4.79 Å². The van der Waals surface area contributed by atoms with Gasteiger partial charge in [-0.1, -0.05) is 48.5 Å². The Labute approximate surface area is 167 Å². The number of aryl methyl sites for hydroxylation is 1. The minimum absolute atomic E-state index is 0.0826. The Balaban J connectivity index is 1.54. The van der Waals surface area contributed by atoms with Crippen LogP contribution in [0.25, 0.3) is 5.69 Å². The number of quaternary nitrogens is 1. The number of carbonyl (C=O) groups is 1. The first-order chi connectivity index (χ1) is 13.5. The third-order valence-electron chi connectivity index (χ3n) is 4.96. The van der Waals surface area contributed by atoms with Crippen LogP contribution in [0.5, 0.6) is 0 Å². The van der Waals surface area contributed by atoms with Crippen LogP contribution in [0, 0.1) is 13.8 Å². The molecule has 1 atom stereocenters. The highest BCUT2D eigenvalue weighted by Gasteiger charge is 2.18. The maximum Gasteiger partial charge on any atom is 0.275 e. The highest BCUT2D eigenvalue weighted by Crippen LogP contribution is 2.16. The van der Waals surface area contributed by atoms with Gasteiger partial charge in [0.25, 0.3) is 5.91 Å². The number of para-hydroxylation sites is 1. The maximum absolute atomic E-state index is 12.3. The van der Waals surface area contributed by atoms with Crippen LogP contribution in [0.3, 0.4) is 0 Å². The van der Waals surface area contributed by atoms with Crippen molar-refractivity contribution < 1.29 is 9.69 Å². The van der Waals surface area contributed by atoms with E-state index in [4.69, 9.17) is 5.10 Å². The molecule has 1 aromatic heterocycles. The van der Waals surface area contributed by atoms with Crippen LogP contribution in [0.4, 0.5) is 0 Å². The number of likely N-dealkylation sites (N-methyl/N-ethyl adjacent to an activating group) is 1. The zero-order valence-electron chi connectivity index (χ0n) is 16.9. The van der Waals surface area contributed by atoms with Crippen molar-refractivity contribution in [3.05, 3.63) is 83.2 Å². The van der Waals surface area contributed by atoms with Gasteiger partial charge in [0.1, 0.15) is 6.54 Å². The molecular formula is C23H29N4O+. The molecule has 0 saturated heterocycles. The van der Waals surface area contributed by atoms with Crippen LogP contribution in [0.2, 0.25) is 0 Å².